The largest absolute Gasteiger partial charge is 0.394 e. The van der Waals surface area contributed by atoms with Crippen LogP contribution in [0.3, 0.4) is 0 Å². The lowest BCUT2D eigenvalue weighted by Gasteiger charge is -2.19. The van der Waals surface area contributed by atoms with Crippen molar-refractivity contribution in [2.75, 3.05) is 6.61 Å². The molecule has 0 heterocycles. The Morgan fingerprint density at radius 3 is 1.71 bits per heavy atom. The number of unbranched alkanes of at least 4 members (excludes halogenated alkanes) is 11. The predicted octanol–water partition coefficient (Wildman–Crippen LogP) is 9.61. The maximum absolute atomic E-state index is 12.3. The third-order valence-corrected chi connectivity index (χ3v) is 6.90. The Hall–Kier alpha value is -2.17. The number of hydrogen-bond donors (Lipinski definition) is 3. The first-order valence-corrected chi connectivity index (χ1v) is 16.7. The lowest BCUT2D eigenvalue weighted by Crippen LogP contribution is -2.45. The molecule has 0 aromatic rings. The number of carbonyl (C=O) groups is 1. The number of amides is 1. The summed E-state index contributed by atoms with van der Waals surface area (Å²) in [5.74, 6) is -0.0952. The molecule has 41 heavy (non-hydrogen) atoms. The molecule has 3 N–H and O–H groups in total. The minimum Gasteiger partial charge on any atom is -0.394 e. The molecule has 0 saturated carbocycles. The highest BCUT2D eigenvalue weighted by atomic mass is 16.3. The highest BCUT2D eigenvalue weighted by Crippen LogP contribution is 2.11. The molecule has 2 unspecified atom stereocenters. The van der Waals surface area contributed by atoms with E-state index in [0.29, 0.717) is 6.42 Å². The van der Waals surface area contributed by atoms with Gasteiger partial charge in [-0.1, -0.05) is 132 Å². The lowest BCUT2D eigenvalue weighted by molar-refractivity contribution is -0.123. The molecule has 0 rings (SSSR count). The van der Waals surface area contributed by atoms with E-state index in [4.69, 9.17) is 0 Å². The van der Waals surface area contributed by atoms with Crippen LogP contribution >= 0.6 is 0 Å². The van der Waals surface area contributed by atoms with Crippen molar-refractivity contribution in [3.63, 3.8) is 0 Å². The Balaban J connectivity index is 3.76. The monoisotopic (exact) mass is 569 g/mol. The molecule has 0 aromatic heterocycles. The Kier molecular flexibility index (Phi) is 30.6. The summed E-state index contributed by atoms with van der Waals surface area (Å²) in [5, 5.41) is 22.8. The van der Waals surface area contributed by atoms with E-state index in [2.05, 4.69) is 79.9 Å². The van der Waals surface area contributed by atoms with Crippen LogP contribution in [0.2, 0.25) is 0 Å². The second-order valence-corrected chi connectivity index (χ2v) is 10.8. The minimum absolute atomic E-state index is 0.0952. The van der Waals surface area contributed by atoms with E-state index in [-0.39, 0.29) is 12.5 Å². The fourth-order valence-corrected chi connectivity index (χ4v) is 4.32. The van der Waals surface area contributed by atoms with Crippen LogP contribution in [0, 0.1) is 0 Å². The van der Waals surface area contributed by atoms with Gasteiger partial charge in [0.25, 0.3) is 0 Å². The van der Waals surface area contributed by atoms with E-state index < -0.39 is 12.1 Å². The Morgan fingerprint density at radius 2 is 1.10 bits per heavy atom. The molecule has 0 radical (unpaired) electrons. The van der Waals surface area contributed by atoms with E-state index in [1.807, 2.05) is 6.08 Å². The summed E-state index contributed by atoms with van der Waals surface area (Å²) in [6.45, 7) is 4.10. The molecule has 234 valence electrons. The molecule has 4 heteroatoms. The number of aliphatic hydroxyl groups is 2. The Labute approximate surface area is 253 Å². The van der Waals surface area contributed by atoms with Gasteiger partial charge in [-0.25, -0.2) is 0 Å². The molecular formula is C37H63NO3. The summed E-state index contributed by atoms with van der Waals surface area (Å²) in [4.78, 5) is 12.3. The summed E-state index contributed by atoms with van der Waals surface area (Å²) in [5.41, 5.74) is 0. The predicted molar refractivity (Wildman–Crippen MR) is 179 cm³/mol. The molecule has 2 atom stereocenters. The second-order valence-electron chi connectivity index (χ2n) is 10.8. The van der Waals surface area contributed by atoms with Gasteiger partial charge in [0.15, 0.2) is 0 Å². The van der Waals surface area contributed by atoms with Gasteiger partial charge in [-0.3, -0.25) is 4.79 Å². The molecule has 0 bridgehead atoms. The highest BCUT2D eigenvalue weighted by Gasteiger charge is 2.17. The smallest absolute Gasteiger partial charge is 0.220 e. The van der Waals surface area contributed by atoms with E-state index in [0.717, 1.165) is 70.6 Å². The molecule has 0 aliphatic carbocycles. The van der Waals surface area contributed by atoms with Crippen molar-refractivity contribution in [1.29, 1.82) is 0 Å². The van der Waals surface area contributed by atoms with E-state index in [9.17, 15) is 15.0 Å². The van der Waals surface area contributed by atoms with E-state index in [1.165, 1.54) is 44.9 Å². The molecule has 0 spiro atoms. The maximum Gasteiger partial charge on any atom is 0.220 e. The van der Waals surface area contributed by atoms with Crippen LogP contribution in [0.25, 0.3) is 0 Å². The molecular weight excluding hydrogens is 506 g/mol. The normalized spacial score (nSPS) is 14.1. The van der Waals surface area contributed by atoms with Gasteiger partial charge in [0.05, 0.1) is 18.8 Å². The summed E-state index contributed by atoms with van der Waals surface area (Å²) in [6.07, 6.45) is 45.5. The van der Waals surface area contributed by atoms with Gasteiger partial charge in [0, 0.05) is 6.42 Å². The van der Waals surface area contributed by atoms with Gasteiger partial charge in [-0.05, 0) is 70.6 Å². The molecule has 0 saturated heterocycles. The zero-order valence-corrected chi connectivity index (χ0v) is 26.5. The van der Waals surface area contributed by atoms with Crippen LogP contribution < -0.4 is 5.32 Å². The van der Waals surface area contributed by atoms with Crippen LogP contribution in [-0.4, -0.2) is 34.9 Å². The second kappa shape index (κ2) is 32.3. The minimum atomic E-state index is -0.875. The Bertz CT molecular complexity index is 747. The maximum atomic E-state index is 12.3. The molecule has 0 aliphatic rings. The van der Waals surface area contributed by atoms with Crippen LogP contribution in [0.1, 0.15) is 136 Å². The Morgan fingerprint density at radius 1 is 0.610 bits per heavy atom. The SMILES string of the molecule is CC/C=C\C/C=C\C/C=C\CCCCCCCCCC(=O)NC(CO)C(O)/C=C/CC/C=C/CC/C=C/CCCC. The third kappa shape index (κ3) is 29.1. The number of rotatable bonds is 28. The highest BCUT2D eigenvalue weighted by molar-refractivity contribution is 5.76. The van der Waals surface area contributed by atoms with Crippen LogP contribution in [0.4, 0.5) is 0 Å². The van der Waals surface area contributed by atoms with Crippen molar-refractivity contribution >= 4 is 5.91 Å². The van der Waals surface area contributed by atoms with Crippen molar-refractivity contribution in [3.8, 4) is 0 Å². The first kappa shape index (κ1) is 38.8. The van der Waals surface area contributed by atoms with Crippen LogP contribution in [-0.2, 0) is 4.79 Å². The van der Waals surface area contributed by atoms with Gasteiger partial charge in [0.1, 0.15) is 0 Å². The van der Waals surface area contributed by atoms with Gasteiger partial charge >= 0.3 is 0 Å². The zero-order chi connectivity index (χ0) is 30.1. The number of carbonyl (C=O) groups excluding carboxylic acids is 1. The quantitative estimate of drug-likeness (QED) is 0.0649. The van der Waals surface area contributed by atoms with Crippen molar-refractivity contribution in [3.05, 3.63) is 72.9 Å². The number of hydrogen-bond acceptors (Lipinski definition) is 3. The fourth-order valence-electron chi connectivity index (χ4n) is 4.32. The van der Waals surface area contributed by atoms with Crippen molar-refractivity contribution < 1.29 is 15.0 Å². The topological polar surface area (TPSA) is 69.6 Å². The van der Waals surface area contributed by atoms with Gasteiger partial charge in [-0.15, -0.1) is 0 Å². The molecule has 0 aliphatic heterocycles. The summed E-state index contributed by atoms with van der Waals surface area (Å²) >= 11 is 0. The molecule has 4 nitrogen and oxygen atoms in total. The van der Waals surface area contributed by atoms with E-state index >= 15 is 0 Å². The van der Waals surface area contributed by atoms with Crippen LogP contribution in [0.5, 0.6) is 0 Å². The molecule has 0 aromatic carbocycles. The van der Waals surface area contributed by atoms with Crippen molar-refractivity contribution in [2.24, 2.45) is 0 Å². The summed E-state index contributed by atoms with van der Waals surface area (Å²) < 4.78 is 0. The first-order valence-electron chi connectivity index (χ1n) is 16.7. The molecule has 0 fully saturated rings. The first-order chi connectivity index (χ1) is 20.2. The van der Waals surface area contributed by atoms with Gasteiger partial charge < -0.3 is 15.5 Å². The summed E-state index contributed by atoms with van der Waals surface area (Å²) in [7, 11) is 0. The van der Waals surface area contributed by atoms with Crippen LogP contribution in [0.15, 0.2) is 72.9 Å². The van der Waals surface area contributed by atoms with Gasteiger partial charge in [0.2, 0.25) is 5.91 Å². The summed E-state index contributed by atoms with van der Waals surface area (Å²) in [6, 6.07) is -0.651. The average molecular weight is 570 g/mol. The van der Waals surface area contributed by atoms with Crippen molar-refractivity contribution in [1.82, 2.24) is 5.32 Å². The fraction of sp³-hybridized carbons (Fsp3) is 0.649. The lowest BCUT2D eigenvalue weighted by atomic mass is 10.1. The van der Waals surface area contributed by atoms with E-state index in [1.54, 1.807) is 6.08 Å². The van der Waals surface area contributed by atoms with Crippen molar-refractivity contribution in [2.45, 2.75) is 148 Å². The molecule has 1 amide bonds. The number of allylic oxidation sites excluding steroid dienone is 11. The zero-order valence-electron chi connectivity index (χ0n) is 26.5. The number of nitrogens with one attached hydrogen (secondary N) is 1. The third-order valence-electron chi connectivity index (χ3n) is 6.90. The average Bonchev–Trinajstić information content (AvgIpc) is 2.97. The standard InChI is InChI=1S/C37H63NO3/c1-3-5-7-9-11-13-15-17-18-19-20-21-23-25-27-29-31-33-37(41)38-35(34-39)36(40)32-30-28-26-24-22-16-14-12-10-8-6-4-2/h5,7,10-13,17-18,22,24,30,32,35-36,39-40H,3-4,6,8-9,14-16,19-21,23,25-29,31,33-34H2,1-2H3,(H,38,41)/b7-5-,12-10+,13-11-,18-17-,24-22+,32-30+. The number of aliphatic hydroxyl groups excluding tert-OH is 2. The van der Waals surface area contributed by atoms with Gasteiger partial charge in [-0.2, -0.15) is 0 Å².